The van der Waals surface area contributed by atoms with Crippen LogP contribution >= 0.6 is 0 Å². The Balaban J connectivity index is 2.10. The van der Waals surface area contributed by atoms with Crippen molar-refractivity contribution in [3.05, 3.63) is 0 Å². The Hall–Kier alpha value is -0.860. The lowest BCUT2D eigenvalue weighted by Crippen LogP contribution is -2.50. The fourth-order valence-electron chi connectivity index (χ4n) is 3.01. The van der Waals surface area contributed by atoms with Crippen LogP contribution in [0.15, 0.2) is 0 Å². The molecule has 3 atom stereocenters. The van der Waals surface area contributed by atoms with Crippen molar-refractivity contribution in [1.82, 2.24) is 0 Å². The smallest absolute Gasteiger partial charge is 0.395 e. The highest BCUT2D eigenvalue weighted by Gasteiger charge is 2.68. The van der Waals surface area contributed by atoms with Crippen LogP contribution in [0.3, 0.4) is 0 Å². The van der Waals surface area contributed by atoms with E-state index in [-0.39, 0.29) is 18.1 Å². The van der Waals surface area contributed by atoms with Gasteiger partial charge in [0.2, 0.25) is 9.84 Å². The third-order valence-electron chi connectivity index (χ3n) is 4.07. The summed E-state index contributed by atoms with van der Waals surface area (Å²) in [6.07, 6.45) is -2.79. The van der Waals surface area contributed by atoms with Crippen molar-refractivity contribution in [2.45, 2.75) is 37.0 Å². The maximum Gasteiger partial charge on any atom is 0.482 e. The summed E-state index contributed by atoms with van der Waals surface area (Å²) in [6, 6.07) is 0. The molecule has 2 aliphatic carbocycles. The lowest BCUT2D eigenvalue weighted by atomic mass is 9.89. The van der Waals surface area contributed by atoms with Gasteiger partial charge in [-0.05, 0) is 31.1 Å². The van der Waals surface area contributed by atoms with Gasteiger partial charge >= 0.3 is 17.3 Å². The van der Waals surface area contributed by atoms with E-state index in [0.29, 0.717) is 19.3 Å². The largest absolute Gasteiger partial charge is 0.482 e. The number of rotatable bonds is 4. The molecule has 4 nitrogen and oxygen atoms in total. The van der Waals surface area contributed by atoms with Crippen LogP contribution in [0.1, 0.15) is 25.7 Å². The van der Waals surface area contributed by atoms with E-state index in [2.05, 4.69) is 4.74 Å². The van der Waals surface area contributed by atoms with Gasteiger partial charge in [0.05, 0.1) is 5.92 Å². The average Bonchev–Trinajstić information content (AvgIpc) is 2.87. The Morgan fingerprint density at radius 1 is 1.15 bits per heavy atom. The standard InChI is InChI=1S/C11H14F4O4S/c1-20(17,18)11(14,15)10(12,13)19-9(16)8-5-6-2-3-7(8)4-6/h6-8H,2-5H2,1H3. The van der Waals surface area contributed by atoms with Crippen LogP contribution < -0.4 is 0 Å². The molecule has 2 saturated carbocycles. The predicted molar refractivity (Wildman–Crippen MR) is 59.8 cm³/mol. The molecule has 3 unspecified atom stereocenters. The van der Waals surface area contributed by atoms with Crippen LogP contribution in [0.4, 0.5) is 17.6 Å². The molecular weight excluding hydrogens is 304 g/mol. The number of fused-ring (bicyclic) bond motifs is 2. The quantitative estimate of drug-likeness (QED) is 0.589. The highest BCUT2D eigenvalue weighted by Crippen LogP contribution is 2.50. The molecule has 0 aromatic carbocycles. The zero-order chi connectivity index (χ0) is 15.3. The molecule has 20 heavy (non-hydrogen) atoms. The van der Waals surface area contributed by atoms with Gasteiger partial charge in [0, 0.05) is 6.26 Å². The lowest BCUT2D eigenvalue weighted by molar-refractivity contribution is -0.303. The summed E-state index contributed by atoms with van der Waals surface area (Å²) in [5, 5.41) is -5.44. The topological polar surface area (TPSA) is 60.4 Å². The van der Waals surface area contributed by atoms with E-state index >= 15 is 0 Å². The minimum Gasteiger partial charge on any atom is -0.395 e. The molecule has 2 fully saturated rings. The molecule has 0 aromatic heterocycles. The third-order valence-corrected chi connectivity index (χ3v) is 5.24. The van der Waals surface area contributed by atoms with Gasteiger partial charge in [-0.3, -0.25) is 4.79 Å². The summed E-state index contributed by atoms with van der Waals surface area (Å²) in [6.45, 7) is 0. The van der Waals surface area contributed by atoms with Crippen LogP contribution in [-0.4, -0.2) is 32.0 Å². The number of hydrogen-bond acceptors (Lipinski definition) is 4. The lowest BCUT2D eigenvalue weighted by Gasteiger charge is -2.27. The van der Waals surface area contributed by atoms with Crippen molar-refractivity contribution in [2.75, 3.05) is 6.26 Å². The fraction of sp³-hybridized carbons (Fsp3) is 0.909. The number of alkyl halides is 4. The maximum absolute atomic E-state index is 13.3. The fourth-order valence-corrected chi connectivity index (χ4v) is 3.48. The monoisotopic (exact) mass is 318 g/mol. The van der Waals surface area contributed by atoms with Gasteiger partial charge in [-0.25, -0.2) is 8.42 Å². The summed E-state index contributed by atoms with van der Waals surface area (Å²) in [4.78, 5) is 11.6. The highest BCUT2D eigenvalue weighted by atomic mass is 32.2. The number of halogens is 4. The number of carbonyl (C=O) groups is 1. The molecule has 0 amide bonds. The molecule has 0 aromatic rings. The molecule has 0 spiro atoms. The minimum absolute atomic E-state index is 0.0354. The van der Waals surface area contributed by atoms with E-state index in [1.54, 1.807) is 0 Å². The summed E-state index contributed by atoms with van der Waals surface area (Å²) < 4.78 is 77.8. The van der Waals surface area contributed by atoms with Crippen molar-refractivity contribution in [3.8, 4) is 0 Å². The normalized spacial score (nSPS) is 30.6. The highest BCUT2D eigenvalue weighted by molar-refractivity contribution is 7.91. The number of ether oxygens (including phenoxy) is 1. The van der Waals surface area contributed by atoms with Crippen molar-refractivity contribution in [1.29, 1.82) is 0 Å². The van der Waals surface area contributed by atoms with Gasteiger partial charge in [-0.15, -0.1) is 0 Å². The predicted octanol–water partition coefficient (Wildman–Crippen LogP) is 2.20. The molecule has 2 rings (SSSR count). The van der Waals surface area contributed by atoms with Crippen LogP contribution in [0.5, 0.6) is 0 Å². The van der Waals surface area contributed by atoms with E-state index in [4.69, 9.17) is 0 Å². The van der Waals surface area contributed by atoms with E-state index in [1.807, 2.05) is 0 Å². The Labute approximate surface area is 113 Å². The van der Waals surface area contributed by atoms with Crippen molar-refractivity contribution < 1.29 is 35.5 Å². The average molecular weight is 318 g/mol. The van der Waals surface area contributed by atoms with Crippen molar-refractivity contribution in [3.63, 3.8) is 0 Å². The Morgan fingerprint density at radius 3 is 2.15 bits per heavy atom. The molecule has 0 radical (unpaired) electrons. The molecule has 0 saturated heterocycles. The number of esters is 1. The van der Waals surface area contributed by atoms with Crippen LogP contribution in [-0.2, 0) is 19.4 Å². The Kier molecular flexibility index (Phi) is 3.55. The molecule has 0 heterocycles. The van der Waals surface area contributed by atoms with Gasteiger partial charge in [-0.2, -0.15) is 17.6 Å². The molecule has 116 valence electrons. The second-order valence-corrected chi connectivity index (χ2v) is 7.57. The van der Waals surface area contributed by atoms with Crippen LogP contribution in [0, 0.1) is 17.8 Å². The molecule has 0 aliphatic heterocycles. The summed E-state index contributed by atoms with van der Waals surface area (Å²) >= 11 is 0. The molecule has 2 aliphatic rings. The Morgan fingerprint density at radius 2 is 1.75 bits per heavy atom. The van der Waals surface area contributed by atoms with Gasteiger partial charge in [-0.1, -0.05) is 6.42 Å². The van der Waals surface area contributed by atoms with E-state index < -0.39 is 33.1 Å². The summed E-state index contributed by atoms with van der Waals surface area (Å²) in [7, 11) is -5.40. The first kappa shape index (κ1) is 15.5. The third kappa shape index (κ3) is 2.40. The second kappa shape index (κ2) is 4.57. The van der Waals surface area contributed by atoms with Gasteiger partial charge in [0.1, 0.15) is 0 Å². The Bertz CT molecular complexity index is 517. The van der Waals surface area contributed by atoms with Gasteiger partial charge in [0.25, 0.3) is 0 Å². The van der Waals surface area contributed by atoms with E-state index in [9.17, 15) is 30.8 Å². The number of carbonyl (C=O) groups excluding carboxylic acids is 1. The second-order valence-electron chi connectivity index (χ2n) is 5.51. The maximum atomic E-state index is 13.3. The zero-order valence-corrected chi connectivity index (χ0v) is 11.4. The van der Waals surface area contributed by atoms with Crippen molar-refractivity contribution in [2.24, 2.45) is 17.8 Å². The molecule has 2 bridgehead atoms. The first-order valence-electron chi connectivity index (χ1n) is 6.14. The summed E-state index contributed by atoms with van der Waals surface area (Å²) in [5.74, 6) is -2.17. The van der Waals surface area contributed by atoms with Gasteiger partial charge < -0.3 is 4.74 Å². The van der Waals surface area contributed by atoms with Gasteiger partial charge in [0.15, 0.2) is 0 Å². The summed E-state index contributed by atoms with van der Waals surface area (Å²) in [5.41, 5.74) is 0. The van der Waals surface area contributed by atoms with Crippen LogP contribution in [0.2, 0.25) is 0 Å². The zero-order valence-electron chi connectivity index (χ0n) is 10.6. The number of sulfone groups is 1. The molecule has 9 heteroatoms. The minimum atomic E-state index is -5.44. The first-order valence-corrected chi connectivity index (χ1v) is 8.03. The first-order chi connectivity index (χ1) is 8.96. The van der Waals surface area contributed by atoms with Crippen LogP contribution in [0.25, 0.3) is 0 Å². The van der Waals surface area contributed by atoms with E-state index in [0.717, 1.165) is 6.42 Å². The molecule has 0 N–H and O–H groups in total. The number of hydrogen-bond donors (Lipinski definition) is 0. The van der Waals surface area contributed by atoms with Crippen molar-refractivity contribution >= 4 is 15.8 Å². The SMILES string of the molecule is CS(=O)(=O)C(F)(F)C(F)(F)OC(=O)C1CC2CCC1C2. The van der Waals surface area contributed by atoms with E-state index in [1.165, 1.54) is 0 Å². The molecular formula is C11H14F4O4S.